The van der Waals surface area contributed by atoms with Gasteiger partial charge in [-0.05, 0) is 54.8 Å². The molecule has 2 heterocycles. The Morgan fingerprint density at radius 1 is 0.566 bits per heavy atom. The molecule has 2 aliphatic heterocycles. The molecule has 2 aliphatic rings. The van der Waals surface area contributed by atoms with Crippen LogP contribution in [0.3, 0.4) is 0 Å². The number of ether oxygens (including phenoxy) is 9. The first-order chi connectivity index (χ1) is 25.9. The maximum absolute atomic E-state index is 11.9. The third-order valence-corrected chi connectivity index (χ3v) is 9.34. The number of aliphatic hydroxyl groups excluding tert-OH is 1. The highest BCUT2D eigenvalue weighted by atomic mass is 16.8. The molecule has 4 aromatic rings. The molecule has 10 nitrogen and oxygen atoms in total. The van der Waals surface area contributed by atoms with Gasteiger partial charge in [0.25, 0.3) is 0 Å². The maximum Gasteiger partial charge on any atom is 0.229 e. The highest BCUT2D eigenvalue weighted by Crippen LogP contribution is 2.35. The minimum atomic E-state index is -1.24. The molecule has 0 amide bonds. The Bertz CT molecular complexity index is 1640. The largest absolute Gasteiger partial charge is 0.497 e. The molecule has 0 saturated carbocycles. The van der Waals surface area contributed by atoms with E-state index in [-0.39, 0.29) is 13.2 Å². The Balaban J connectivity index is 1.30. The number of benzene rings is 4. The van der Waals surface area contributed by atoms with Gasteiger partial charge in [0.05, 0.1) is 45.7 Å². The van der Waals surface area contributed by atoms with E-state index in [9.17, 15) is 5.11 Å². The van der Waals surface area contributed by atoms with E-state index < -0.39 is 61.4 Å². The number of methoxy groups -OCH3 is 1. The molecule has 282 valence electrons. The second-order valence-corrected chi connectivity index (χ2v) is 13.2. The van der Waals surface area contributed by atoms with Crippen LogP contribution in [0.25, 0.3) is 0 Å². The predicted molar refractivity (Wildman–Crippen MR) is 198 cm³/mol. The lowest BCUT2D eigenvalue weighted by molar-refractivity contribution is -0.360. The highest BCUT2D eigenvalue weighted by Gasteiger charge is 2.53. The molecule has 0 aromatic heterocycles. The van der Waals surface area contributed by atoms with Crippen LogP contribution in [0.1, 0.15) is 30.5 Å². The average Bonchev–Trinajstić information content (AvgIpc) is 3.19. The predicted octanol–water partition coefficient (Wildman–Crippen LogP) is 6.64. The molecular formula is C43H50O10. The summed E-state index contributed by atoms with van der Waals surface area (Å²) >= 11 is 0. The van der Waals surface area contributed by atoms with Crippen LogP contribution < -0.4 is 9.47 Å². The van der Waals surface area contributed by atoms with E-state index in [0.717, 1.165) is 16.7 Å². The standard InChI is InChI=1S/C43H50O10/c1-5-25-46-39-36(44)42(50-29(2)37(39)47-26-31-15-9-6-10-16-31)53-40-38(48-27-32-17-11-7-12-18-32)30(3)51-43(52-35-23-21-34(45-4)22-24-35)41(40)49-28-33-19-13-8-14-20-33/h5-24,29-30,36-44H,1,25-28H2,2-4H3/t29-,30-,36+,37-,38-,39-,40+,41+,42+,43-/m1/s1. The molecule has 2 fully saturated rings. The Hall–Kier alpha value is -4.10. The van der Waals surface area contributed by atoms with Crippen LogP contribution in [0.5, 0.6) is 11.5 Å². The third-order valence-electron chi connectivity index (χ3n) is 9.34. The summed E-state index contributed by atoms with van der Waals surface area (Å²) < 4.78 is 57.4. The van der Waals surface area contributed by atoms with E-state index in [1.165, 1.54) is 0 Å². The van der Waals surface area contributed by atoms with Crippen LogP contribution in [0.4, 0.5) is 0 Å². The molecule has 0 bridgehead atoms. The van der Waals surface area contributed by atoms with Gasteiger partial charge in [-0.3, -0.25) is 0 Å². The molecule has 0 aliphatic carbocycles. The first-order valence-corrected chi connectivity index (χ1v) is 18.1. The minimum Gasteiger partial charge on any atom is -0.497 e. The fourth-order valence-corrected chi connectivity index (χ4v) is 6.57. The van der Waals surface area contributed by atoms with E-state index in [1.807, 2.05) is 129 Å². The smallest absolute Gasteiger partial charge is 0.229 e. The van der Waals surface area contributed by atoms with Crippen molar-refractivity contribution >= 4 is 0 Å². The summed E-state index contributed by atoms with van der Waals surface area (Å²) in [6.07, 6.45) is -6.40. The topological polar surface area (TPSA) is 103 Å². The first kappa shape index (κ1) is 38.6. The summed E-state index contributed by atoms with van der Waals surface area (Å²) in [5.74, 6) is 1.25. The Kier molecular flexibility index (Phi) is 14.1. The first-order valence-electron chi connectivity index (χ1n) is 18.1. The molecule has 53 heavy (non-hydrogen) atoms. The summed E-state index contributed by atoms with van der Waals surface area (Å²) in [5.41, 5.74) is 2.93. The SMILES string of the molecule is C=CCO[C@@H]1[C@H](O)[C@H](O[C@@H]2[C@H](OCc3ccccc3)[C@@H](Oc3ccc(OC)cc3)O[C@H](C)[C@H]2OCc2ccccc2)O[C@H](C)[C@H]1OCc1ccccc1. The van der Waals surface area contributed by atoms with Crippen LogP contribution >= 0.6 is 0 Å². The summed E-state index contributed by atoms with van der Waals surface area (Å²) in [6, 6.07) is 36.8. The second kappa shape index (κ2) is 19.3. The molecule has 1 N–H and O–H groups in total. The zero-order valence-corrected chi connectivity index (χ0v) is 30.5. The van der Waals surface area contributed by atoms with Crippen LogP contribution in [0.2, 0.25) is 0 Å². The van der Waals surface area contributed by atoms with Gasteiger partial charge in [-0.1, -0.05) is 97.1 Å². The maximum atomic E-state index is 11.9. The van der Waals surface area contributed by atoms with Crippen molar-refractivity contribution in [1.29, 1.82) is 0 Å². The Morgan fingerprint density at radius 3 is 1.51 bits per heavy atom. The van der Waals surface area contributed by atoms with Crippen molar-refractivity contribution in [2.75, 3.05) is 13.7 Å². The second-order valence-electron chi connectivity index (χ2n) is 13.2. The van der Waals surface area contributed by atoms with Crippen molar-refractivity contribution < 1.29 is 47.7 Å². The van der Waals surface area contributed by atoms with Gasteiger partial charge < -0.3 is 47.7 Å². The van der Waals surface area contributed by atoms with E-state index in [1.54, 1.807) is 13.2 Å². The van der Waals surface area contributed by atoms with Gasteiger partial charge in [-0.25, -0.2) is 0 Å². The van der Waals surface area contributed by atoms with Gasteiger partial charge in [0.15, 0.2) is 6.29 Å². The van der Waals surface area contributed by atoms with E-state index >= 15 is 0 Å². The highest BCUT2D eigenvalue weighted by molar-refractivity contribution is 5.31. The molecular weight excluding hydrogens is 676 g/mol. The minimum absolute atomic E-state index is 0.198. The van der Waals surface area contributed by atoms with Crippen molar-refractivity contribution in [2.24, 2.45) is 0 Å². The number of hydrogen-bond donors (Lipinski definition) is 1. The molecule has 0 spiro atoms. The summed E-state index contributed by atoms with van der Waals surface area (Å²) in [4.78, 5) is 0. The van der Waals surface area contributed by atoms with Crippen LogP contribution in [0, 0.1) is 0 Å². The van der Waals surface area contributed by atoms with E-state index in [2.05, 4.69) is 6.58 Å². The normalized spacial score (nSPS) is 28.6. The fourth-order valence-electron chi connectivity index (χ4n) is 6.57. The summed E-state index contributed by atoms with van der Waals surface area (Å²) in [7, 11) is 1.61. The lowest BCUT2D eigenvalue weighted by atomic mass is 9.96. The van der Waals surface area contributed by atoms with Crippen molar-refractivity contribution in [1.82, 2.24) is 0 Å². The van der Waals surface area contributed by atoms with E-state index in [4.69, 9.17) is 42.6 Å². The Labute approximate surface area is 312 Å². The lowest BCUT2D eigenvalue weighted by Crippen LogP contribution is -2.65. The number of rotatable bonds is 17. The van der Waals surface area contributed by atoms with Crippen molar-refractivity contribution in [3.63, 3.8) is 0 Å². The van der Waals surface area contributed by atoms with Gasteiger partial charge in [0, 0.05) is 0 Å². The molecule has 10 heteroatoms. The molecule has 4 aromatic carbocycles. The van der Waals surface area contributed by atoms with Crippen molar-refractivity contribution in [3.05, 3.63) is 145 Å². The van der Waals surface area contributed by atoms with Crippen LogP contribution in [0.15, 0.2) is 128 Å². The summed E-state index contributed by atoms with van der Waals surface area (Å²) in [5, 5.41) is 11.9. The lowest BCUT2D eigenvalue weighted by Gasteiger charge is -2.48. The van der Waals surface area contributed by atoms with Gasteiger partial charge in [0.1, 0.15) is 48.1 Å². The van der Waals surface area contributed by atoms with Crippen LogP contribution in [-0.4, -0.2) is 80.2 Å². The zero-order valence-electron chi connectivity index (χ0n) is 30.5. The third kappa shape index (κ3) is 10.3. The molecule has 2 saturated heterocycles. The number of hydrogen-bond acceptors (Lipinski definition) is 10. The average molecular weight is 727 g/mol. The van der Waals surface area contributed by atoms with E-state index in [0.29, 0.717) is 24.7 Å². The summed E-state index contributed by atoms with van der Waals surface area (Å²) in [6.45, 7) is 8.66. The quantitative estimate of drug-likeness (QED) is 0.119. The van der Waals surface area contributed by atoms with Crippen molar-refractivity contribution in [2.45, 2.75) is 95.1 Å². The van der Waals surface area contributed by atoms with Gasteiger partial charge in [-0.2, -0.15) is 0 Å². The molecule has 10 atom stereocenters. The monoisotopic (exact) mass is 726 g/mol. The fraction of sp³-hybridized carbons (Fsp3) is 0.395. The molecule has 0 radical (unpaired) electrons. The Morgan fingerprint density at radius 2 is 1.02 bits per heavy atom. The number of aliphatic hydroxyl groups is 1. The van der Waals surface area contributed by atoms with Gasteiger partial charge in [-0.15, -0.1) is 6.58 Å². The van der Waals surface area contributed by atoms with Gasteiger partial charge >= 0.3 is 0 Å². The van der Waals surface area contributed by atoms with Gasteiger partial charge in [0.2, 0.25) is 6.29 Å². The molecule has 6 rings (SSSR count). The van der Waals surface area contributed by atoms with Crippen LogP contribution in [-0.2, 0) is 53.0 Å². The van der Waals surface area contributed by atoms with Crippen molar-refractivity contribution in [3.8, 4) is 11.5 Å². The zero-order chi connectivity index (χ0) is 37.0. The molecule has 0 unspecified atom stereocenters.